The third-order valence-electron chi connectivity index (χ3n) is 2.37. The first-order chi connectivity index (χ1) is 6.81. The molecule has 1 fully saturated rings. The Kier molecular flexibility index (Phi) is 2.77. The molecule has 0 aromatic heterocycles. The van der Waals surface area contributed by atoms with Crippen LogP contribution in [-0.4, -0.2) is 12.2 Å². The summed E-state index contributed by atoms with van der Waals surface area (Å²) in [4.78, 5) is 12.2. The monoisotopic (exact) mass is 208 g/mol. The van der Waals surface area contributed by atoms with Gasteiger partial charge in [-0.25, -0.2) is 0 Å². The minimum atomic E-state index is -0.0779. The Morgan fingerprint density at radius 1 is 1.43 bits per heavy atom. The van der Waals surface area contributed by atoms with Gasteiger partial charge in [0.25, 0.3) is 0 Å². The van der Waals surface area contributed by atoms with Gasteiger partial charge in [-0.15, -0.1) is 11.8 Å². The van der Waals surface area contributed by atoms with E-state index in [1.54, 1.807) is 11.8 Å². The molecule has 1 aliphatic heterocycles. The van der Waals surface area contributed by atoms with Crippen LogP contribution in [-0.2, 0) is 9.53 Å². The average molecular weight is 208 g/mol. The summed E-state index contributed by atoms with van der Waals surface area (Å²) in [7, 11) is 0. The molecule has 1 unspecified atom stereocenters. The van der Waals surface area contributed by atoms with Gasteiger partial charge in [0.1, 0.15) is 6.10 Å². The Balaban J connectivity index is 2.27. The van der Waals surface area contributed by atoms with Crippen molar-refractivity contribution in [1.82, 2.24) is 0 Å². The topological polar surface area (TPSA) is 26.3 Å². The lowest BCUT2D eigenvalue weighted by atomic mass is 10.1. The van der Waals surface area contributed by atoms with E-state index in [1.165, 1.54) is 4.90 Å². The average Bonchev–Trinajstić information content (AvgIpc) is 2.65. The fraction of sp³-hybridized carbons (Fsp3) is 0.364. The van der Waals surface area contributed by atoms with E-state index in [0.717, 1.165) is 12.0 Å². The first kappa shape index (κ1) is 9.59. The molecular weight excluding hydrogens is 196 g/mol. The summed E-state index contributed by atoms with van der Waals surface area (Å²) in [6, 6.07) is 8.09. The molecule has 1 saturated heterocycles. The van der Waals surface area contributed by atoms with Crippen molar-refractivity contribution in [1.29, 1.82) is 0 Å². The van der Waals surface area contributed by atoms with Gasteiger partial charge in [-0.2, -0.15) is 0 Å². The molecule has 1 heterocycles. The first-order valence-corrected chi connectivity index (χ1v) is 5.86. The Bertz CT molecular complexity index is 349. The number of cyclic esters (lactones) is 1. The Hall–Kier alpha value is -0.960. The van der Waals surface area contributed by atoms with Gasteiger partial charge in [0.05, 0.1) is 0 Å². The zero-order valence-electron chi connectivity index (χ0n) is 8.03. The summed E-state index contributed by atoms with van der Waals surface area (Å²) >= 11 is 1.69. The van der Waals surface area contributed by atoms with Crippen molar-refractivity contribution < 1.29 is 9.53 Å². The van der Waals surface area contributed by atoms with Gasteiger partial charge in [0.15, 0.2) is 0 Å². The standard InChI is InChI=1S/C11H12O2S/c1-14-10-5-3-2-4-8(10)9-6-7-11(12)13-9/h2-5,9H,6-7H2,1H3. The van der Waals surface area contributed by atoms with Gasteiger partial charge < -0.3 is 4.74 Å². The molecule has 0 spiro atoms. The maximum Gasteiger partial charge on any atom is 0.306 e. The summed E-state index contributed by atoms with van der Waals surface area (Å²) in [5, 5.41) is 0. The predicted octanol–water partition coefficient (Wildman–Crippen LogP) is 2.79. The lowest BCUT2D eigenvalue weighted by Crippen LogP contribution is -1.99. The van der Waals surface area contributed by atoms with E-state index < -0.39 is 0 Å². The van der Waals surface area contributed by atoms with Crippen LogP contribution >= 0.6 is 11.8 Å². The number of hydrogen-bond donors (Lipinski definition) is 0. The fourth-order valence-electron chi connectivity index (χ4n) is 1.68. The second-order valence-corrected chi connectivity index (χ2v) is 4.11. The normalized spacial score (nSPS) is 20.9. The molecule has 2 nitrogen and oxygen atoms in total. The van der Waals surface area contributed by atoms with E-state index in [9.17, 15) is 4.79 Å². The van der Waals surface area contributed by atoms with Crippen molar-refractivity contribution in [2.24, 2.45) is 0 Å². The fourth-order valence-corrected chi connectivity index (χ4v) is 2.33. The van der Waals surface area contributed by atoms with Crippen molar-refractivity contribution in [2.75, 3.05) is 6.26 Å². The number of ether oxygens (including phenoxy) is 1. The summed E-state index contributed by atoms with van der Waals surface area (Å²) in [6.07, 6.45) is 3.38. The van der Waals surface area contributed by atoms with Crippen LogP contribution in [0.25, 0.3) is 0 Å². The van der Waals surface area contributed by atoms with Gasteiger partial charge in [-0.3, -0.25) is 4.79 Å². The zero-order valence-corrected chi connectivity index (χ0v) is 8.84. The van der Waals surface area contributed by atoms with Crippen LogP contribution in [0.2, 0.25) is 0 Å². The number of hydrogen-bond acceptors (Lipinski definition) is 3. The molecule has 1 atom stereocenters. The molecule has 3 heteroatoms. The smallest absolute Gasteiger partial charge is 0.306 e. The molecule has 0 amide bonds. The van der Waals surface area contributed by atoms with Gasteiger partial charge in [-0.05, 0) is 18.7 Å². The molecular formula is C11H12O2S. The molecule has 1 aliphatic rings. The molecule has 0 aliphatic carbocycles. The van der Waals surface area contributed by atoms with E-state index in [2.05, 4.69) is 6.07 Å². The third-order valence-corrected chi connectivity index (χ3v) is 3.18. The number of rotatable bonds is 2. The largest absolute Gasteiger partial charge is 0.457 e. The van der Waals surface area contributed by atoms with Crippen molar-refractivity contribution in [3.63, 3.8) is 0 Å². The molecule has 0 bridgehead atoms. The molecule has 0 radical (unpaired) electrons. The number of carbonyl (C=O) groups excluding carboxylic acids is 1. The molecule has 0 saturated carbocycles. The predicted molar refractivity (Wildman–Crippen MR) is 56.3 cm³/mol. The SMILES string of the molecule is CSc1ccccc1C1CCC(=O)O1. The van der Waals surface area contributed by atoms with Crippen LogP contribution < -0.4 is 0 Å². The third kappa shape index (κ3) is 1.77. The van der Waals surface area contributed by atoms with Gasteiger partial charge in [-0.1, -0.05) is 18.2 Å². The highest BCUT2D eigenvalue weighted by Crippen LogP contribution is 2.34. The van der Waals surface area contributed by atoms with E-state index >= 15 is 0 Å². The molecule has 74 valence electrons. The minimum Gasteiger partial charge on any atom is -0.457 e. The van der Waals surface area contributed by atoms with Crippen LogP contribution in [0, 0.1) is 0 Å². The van der Waals surface area contributed by atoms with Crippen LogP contribution in [0.3, 0.4) is 0 Å². The highest BCUT2D eigenvalue weighted by atomic mass is 32.2. The second-order valence-electron chi connectivity index (χ2n) is 3.26. The second kappa shape index (κ2) is 4.05. The van der Waals surface area contributed by atoms with E-state index in [1.807, 2.05) is 24.5 Å². The summed E-state index contributed by atoms with van der Waals surface area (Å²) in [6.45, 7) is 0. The highest BCUT2D eigenvalue weighted by Gasteiger charge is 2.26. The van der Waals surface area contributed by atoms with Crippen molar-refractivity contribution in [3.05, 3.63) is 29.8 Å². The van der Waals surface area contributed by atoms with Crippen LogP contribution in [0.1, 0.15) is 24.5 Å². The van der Waals surface area contributed by atoms with Crippen LogP contribution in [0.15, 0.2) is 29.2 Å². The van der Waals surface area contributed by atoms with Gasteiger partial charge in [0, 0.05) is 16.9 Å². The summed E-state index contributed by atoms with van der Waals surface area (Å²) in [5.41, 5.74) is 1.14. The van der Waals surface area contributed by atoms with E-state index in [4.69, 9.17) is 4.74 Å². The van der Waals surface area contributed by atoms with Crippen molar-refractivity contribution in [3.8, 4) is 0 Å². The number of carbonyl (C=O) groups is 1. The summed E-state index contributed by atoms with van der Waals surface area (Å²) < 4.78 is 5.24. The van der Waals surface area contributed by atoms with Crippen molar-refractivity contribution >= 4 is 17.7 Å². The highest BCUT2D eigenvalue weighted by molar-refractivity contribution is 7.98. The first-order valence-electron chi connectivity index (χ1n) is 4.63. The summed E-state index contributed by atoms with van der Waals surface area (Å²) in [5.74, 6) is -0.0779. The maximum absolute atomic E-state index is 11.0. The molecule has 0 N–H and O–H groups in total. The van der Waals surface area contributed by atoms with Crippen LogP contribution in [0.4, 0.5) is 0 Å². The number of thioether (sulfide) groups is 1. The molecule has 14 heavy (non-hydrogen) atoms. The Morgan fingerprint density at radius 3 is 2.86 bits per heavy atom. The van der Waals surface area contributed by atoms with Crippen molar-refractivity contribution in [2.45, 2.75) is 23.8 Å². The zero-order chi connectivity index (χ0) is 9.97. The van der Waals surface area contributed by atoms with Crippen LogP contribution in [0.5, 0.6) is 0 Å². The minimum absolute atomic E-state index is 0.0221. The van der Waals surface area contributed by atoms with E-state index in [0.29, 0.717) is 6.42 Å². The molecule has 1 aromatic carbocycles. The maximum atomic E-state index is 11.0. The van der Waals surface area contributed by atoms with Gasteiger partial charge >= 0.3 is 5.97 Å². The Labute approximate surface area is 87.6 Å². The van der Waals surface area contributed by atoms with E-state index in [-0.39, 0.29) is 12.1 Å². The molecule has 1 aromatic rings. The molecule has 2 rings (SSSR count). The quantitative estimate of drug-likeness (QED) is 0.552. The lowest BCUT2D eigenvalue weighted by molar-refractivity contribution is -0.141. The number of benzene rings is 1. The number of esters is 1. The lowest BCUT2D eigenvalue weighted by Gasteiger charge is -2.12. The Morgan fingerprint density at radius 2 is 2.21 bits per heavy atom. The van der Waals surface area contributed by atoms with Gasteiger partial charge in [0.2, 0.25) is 0 Å².